The molecule has 0 bridgehead atoms. The predicted octanol–water partition coefficient (Wildman–Crippen LogP) is 0.776. The van der Waals surface area contributed by atoms with Crippen molar-refractivity contribution in [1.29, 1.82) is 0 Å². The Morgan fingerprint density at radius 2 is 1.86 bits per heavy atom. The normalized spacial score (nSPS) is 20.7. The van der Waals surface area contributed by atoms with Crippen LogP contribution in [-0.4, -0.2) is 23.1 Å². The van der Waals surface area contributed by atoms with Crippen LogP contribution >= 0.6 is 15.9 Å². The highest BCUT2D eigenvalue weighted by Crippen LogP contribution is 2.24. The molecule has 1 aromatic rings. The number of hydrogen-bond acceptors (Lipinski definition) is 4. The van der Waals surface area contributed by atoms with Crippen LogP contribution < -0.4 is 11.1 Å². The van der Waals surface area contributed by atoms with Gasteiger partial charge in [0.05, 0.1) is 10.0 Å². The molecule has 2 heterocycles. The van der Waals surface area contributed by atoms with E-state index in [9.17, 15) is 0 Å². The van der Waals surface area contributed by atoms with Crippen LogP contribution in [0.5, 0.6) is 0 Å². The average molecular weight is 257 g/mol. The largest absolute Gasteiger partial charge is 0.319 e. The number of nitrogens with zero attached hydrogens (tertiary/aromatic N) is 2. The molecule has 14 heavy (non-hydrogen) atoms. The molecular weight excluding hydrogens is 244 g/mol. The van der Waals surface area contributed by atoms with Gasteiger partial charge in [0.15, 0.2) is 0 Å². The molecule has 0 atom stereocenters. The standard InChI is InChI=1S/C9H13BrN4/c10-7-5-13-8(14-6-7)9(11)1-3-12-4-2-9/h5-6,12H,1-4,11H2. The Morgan fingerprint density at radius 3 is 2.43 bits per heavy atom. The molecule has 76 valence electrons. The Hall–Kier alpha value is -0.520. The van der Waals surface area contributed by atoms with Gasteiger partial charge in [-0.15, -0.1) is 0 Å². The van der Waals surface area contributed by atoms with Crippen LogP contribution in [0.3, 0.4) is 0 Å². The minimum Gasteiger partial charge on any atom is -0.319 e. The van der Waals surface area contributed by atoms with E-state index < -0.39 is 0 Å². The van der Waals surface area contributed by atoms with Gasteiger partial charge in [0.25, 0.3) is 0 Å². The Kier molecular flexibility index (Phi) is 2.80. The zero-order valence-corrected chi connectivity index (χ0v) is 9.42. The summed E-state index contributed by atoms with van der Waals surface area (Å²) in [7, 11) is 0. The van der Waals surface area contributed by atoms with Gasteiger partial charge in [-0.2, -0.15) is 0 Å². The van der Waals surface area contributed by atoms with Crippen molar-refractivity contribution >= 4 is 15.9 Å². The van der Waals surface area contributed by atoms with Gasteiger partial charge < -0.3 is 11.1 Å². The fraction of sp³-hybridized carbons (Fsp3) is 0.556. The van der Waals surface area contributed by atoms with Crippen LogP contribution in [0.1, 0.15) is 18.7 Å². The maximum atomic E-state index is 6.25. The molecule has 0 saturated carbocycles. The number of piperidine rings is 1. The topological polar surface area (TPSA) is 63.8 Å². The molecule has 0 amide bonds. The van der Waals surface area contributed by atoms with E-state index in [2.05, 4.69) is 31.2 Å². The predicted molar refractivity (Wildman–Crippen MR) is 57.7 cm³/mol. The fourth-order valence-corrected chi connectivity index (χ4v) is 1.87. The zero-order valence-electron chi connectivity index (χ0n) is 7.83. The molecule has 0 spiro atoms. The molecule has 5 heteroatoms. The van der Waals surface area contributed by atoms with Crippen LogP contribution in [0, 0.1) is 0 Å². The monoisotopic (exact) mass is 256 g/mol. The molecule has 1 aromatic heterocycles. The SMILES string of the molecule is NC1(c2ncc(Br)cn2)CCNCC1. The summed E-state index contributed by atoms with van der Waals surface area (Å²) in [5.74, 6) is 0.752. The number of nitrogens with two attached hydrogens (primary N) is 1. The number of hydrogen-bond donors (Lipinski definition) is 2. The van der Waals surface area contributed by atoms with Crippen LogP contribution in [0.4, 0.5) is 0 Å². The van der Waals surface area contributed by atoms with Crippen LogP contribution in [-0.2, 0) is 5.54 Å². The minimum atomic E-state index is -0.341. The van der Waals surface area contributed by atoms with Gasteiger partial charge in [-0.1, -0.05) is 0 Å². The third-order valence-corrected chi connectivity index (χ3v) is 2.97. The van der Waals surface area contributed by atoms with Crippen LogP contribution in [0.2, 0.25) is 0 Å². The lowest BCUT2D eigenvalue weighted by molar-refractivity contribution is 0.301. The summed E-state index contributed by atoms with van der Waals surface area (Å²) in [6.07, 6.45) is 5.29. The molecule has 3 N–H and O–H groups in total. The van der Waals surface area contributed by atoms with E-state index in [1.54, 1.807) is 12.4 Å². The highest BCUT2D eigenvalue weighted by molar-refractivity contribution is 9.10. The van der Waals surface area contributed by atoms with Gasteiger partial charge in [0.2, 0.25) is 0 Å². The molecule has 0 unspecified atom stereocenters. The van der Waals surface area contributed by atoms with E-state index in [4.69, 9.17) is 5.73 Å². The third-order valence-electron chi connectivity index (χ3n) is 2.56. The lowest BCUT2D eigenvalue weighted by Gasteiger charge is -2.32. The second-order valence-corrected chi connectivity index (χ2v) is 4.55. The maximum Gasteiger partial charge on any atom is 0.148 e. The van der Waals surface area contributed by atoms with Crippen molar-refractivity contribution in [1.82, 2.24) is 15.3 Å². The Morgan fingerprint density at radius 1 is 1.29 bits per heavy atom. The van der Waals surface area contributed by atoms with Gasteiger partial charge in [-0.3, -0.25) is 0 Å². The van der Waals surface area contributed by atoms with Crippen LogP contribution in [0.15, 0.2) is 16.9 Å². The molecule has 1 aliphatic heterocycles. The molecule has 0 radical (unpaired) electrons. The van der Waals surface area contributed by atoms with E-state index in [1.807, 2.05) is 0 Å². The summed E-state index contributed by atoms with van der Waals surface area (Å²) in [5.41, 5.74) is 5.91. The van der Waals surface area contributed by atoms with Crippen LogP contribution in [0.25, 0.3) is 0 Å². The van der Waals surface area contributed by atoms with Crippen molar-refractivity contribution in [3.63, 3.8) is 0 Å². The van der Waals surface area contributed by atoms with Crippen molar-refractivity contribution in [3.05, 3.63) is 22.7 Å². The summed E-state index contributed by atoms with van der Waals surface area (Å²) >= 11 is 3.31. The third kappa shape index (κ3) is 1.94. The van der Waals surface area contributed by atoms with Gasteiger partial charge in [0, 0.05) is 12.4 Å². The second kappa shape index (κ2) is 3.92. The summed E-state index contributed by atoms with van der Waals surface area (Å²) in [6, 6.07) is 0. The summed E-state index contributed by atoms with van der Waals surface area (Å²) in [4.78, 5) is 8.53. The van der Waals surface area contributed by atoms with Crippen molar-refractivity contribution in [2.45, 2.75) is 18.4 Å². The molecule has 4 nitrogen and oxygen atoms in total. The van der Waals surface area contributed by atoms with Crippen molar-refractivity contribution in [2.24, 2.45) is 5.73 Å². The molecular formula is C9H13BrN4. The van der Waals surface area contributed by atoms with Gasteiger partial charge in [0.1, 0.15) is 5.82 Å². The molecule has 1 saturated heterocycles. The molecule has 2 rings (SSSR count). The first-order chi connectivity index (χ1) is 6.71. The summed E-state index contributed by atoms with van der Waals surface area (Å²) < 4.78 is 0.888. The Bertz CT molecular complexity index is 305. The lowest BCUT2D eigenvalue weighted by atomic mass is 9.89. The Labute approximate surface area is 91.4 Å². The minimum absolute atomic E-state index is 0.341. The maximum absolute atomic E-state index is 6.25. The molecule has 1 fully saturated rings. The average Bonchev–Trinajstić information content (AvgIpc) is 2.19. The van der Waals surface area contributed by atoms with Gasteiger partial charge in [-0.25, -0.2) is 9.97 Å². The Balaban J connectivity index is 2.23. The highest BCUT2D eigenvalue weighted by Gasteiger charge is 2.31. The van der Waals surface area contributed by atoms with E-state index in [-0.39, 0.29) is 5.54 Å². The van der Waals surface area contributed by atoms with Crippen molar-refractivity contribution in [2.75, 3.05) is 13.1 Å². The number of halogens is 1. The second-order valence-electron chi connectivity index (χ2n) is 3.63. The molecule has 1 aliphatic rings. The lowest BCUT2D eigenvalue weighted by Crippen LogP contribution is -2.47. The van der Waals surface area contributed by atoms with Gasteiger partial charge >= 0.3 is 0 Å². The number of nitrogens with one attached hydrogen (secondary N) is 1. The van der Waals surface area contributed by atoms with Crippen molar-refractivity contribution < 1.29 is 0 Å². The first-order valence-corrected chi connectivity index (χ1v) is 5.48. The summed E-state index contributed by atoms with van der Waals surface area (Å²) in [6.45, 7) is 1.88. The number of aromatic nitrogens is 2. The van der Waals surface area contributed by atoms with Gasteiger partial charge in [-0.05, 0) is 41.9 Å². The van der Waals surface area contributed by atoms with Crippen molar-refractivity contribution in [3.8, 4) is 0 Å². The van der Waals surface area contributed by atoms with E-state index in [1.165, 1.54) is 0 Å². The van der Waals surface area contributed by atoms with E-state index in [0.29, 0.717) is 0 Å². The highest BCUT2D eigenvalue weighted by atomic mass is 79.9. The molecule has 0 aromatic carbocycles. The fourth-order valence-electron chi connectivity index (χ4n) is 1.67. The van der Waals surface area contributed by atoms with E-state index in [0.717, 1.165) is 36.2 Å². The summed E-state index contributed by atoms with van der Waals surface area (Å²) in [5, 5.41) is 3.28. The quantitative estimate of drug-likeness (QED) is 0.780. The zero-order chi connectivity index (χ0) is 10.0. The molecule has 0 aliphatic carbocycles. The van der Waals surface area contributed by atoms with E-state index >= 15 is 0 Å². The smallest absolute Gasteiger partial charge is 0.148 e. The first kappa shape index (κ1) is 10.0. The number of rotatable bonds is 1. The first-order valence-electron chi connectivity index (χ1n) is 4.68.